The first-order valence-corrected chi connectivity index (χ1v) is 7.61. The van der Waals surface area contributed by atoms with Crippen molar-refractivity contribution in [3.63, 3.8) is 0 Å². The molecular weight excluding hydrogens is 310 g/mol. The lowest BCUT2D eigenvalue weighted by atomic mass is 10.0. The van der Waals surface area contributed by atoms with E-state index in [-0.39, 0.29) is 22.8 Å². The summed E-state index contributed by atoms with van der Waals surface area (Å²) >= 11 is 0. The molecule has 0 atom stereocenters. The molecule has 1 heterocycles. The Kier molecular flexibility index (Phi) is 5.76. The predicted octanol–water partition coefficient (Wildman–Crippen LogP) is 2.10. The van der Waals surface area contributed by atoms with E-state index in [9.17, 15) is 14.7 Å². The van der Waals surface area contributed by atoms with Gasteiger partial charge in [0.05, 0.1) is 18.3 Å². The third kappa shape index (κ3) is 3.49. The van der Waals surface area contributed by atoms with Crippen LogP contribution in [-0.2, 0) is 19.1 Å². The van der Waals surface area contributed by atoms with Crippen LogP contribution in [0, 0.1) is 0 Å². The van der Waals surface area contributed by atoms with Crippen molar-refractivity contribution in [1.29, 1.82) is 0 Å². The minimum absolute atomic E-state index is 0.0394. The van der Waals surface area contributed by atoms with Gasteiger partial charge < -0.3 is 19.5 Å². The first-order chi connectivity index (χ1) is 11.5. The number of esters is 1. The van der Waals surface area contributed by atoms with Crippen molar-refractivity contribution in [1.82, 2.24) is 4.90 Å². The van der Waals surface area contributed by atoms with Crippen LogP contribution in [0.2, 0.25) is 0 Å². The van der Waals surface area contributed by atoms with E-state index in [4.69, 9.17) is 9.47 Å². The average Bonchev–Trinajstić information content (AvgIpc) is 2.80. The molecule has 0 saturated heterocycles. The van der Waals surface area contributed by atoms with E-state index in [1.165, 1.54) is 24.2 Å². The number of phenolic OH excluding ortho intramolecular Hbond substituents is 1. The highest BCUT2D eigenvalue weighted by Crippen LogP contribution is 2.33. The van der Waals surface area contributed by atoms with Crippen molar-refractivity contribution in [3.05, 3.63) is 46.7 Å². The first-order valence-electron chi connectivity index (χ1n) is 7.61. The number of allylic oxidation sites excluding steroid dienone is 1. The number of aromatic hydroxyl groups is 1. The van der Waals surface area contributed by atoms with Gasteiger partial charge in [0, 0.05) is 31.5 Å². The molecule has 1 aromatic rings. The number of nitrogens with zero attached hydrogens (tertiary/aromatic N) is 1. The molecule has 1 aliphatic heterocycles. The lowest BCUT2D eigenvalue weighted by Crippen LogP contribution is -2.26. The maximum absolute atomic E-state index is 12.7. The Morgan fingerprint density at radius 2 is 2.00 bits per heavy atom. The van der Waals surface area contributed by atoms with Crippen molar-refractivity contribution in [2.45, 2.75) is 13.3 Å². The molecule has 0 aliphatic carbocycles. The molecule has 0 saturated carbocycles. The molecule has 1 amide bonds. The van der Waals surface area contributed by atoms with Crippen LogP contribution in [0.1, 0.15) is 18.9 Å². The normalized spacial score (nSPS) is 16.2. The molecule has 1 aliphatic rings. The molecule has 0 unspecified atom stereocenters. The second-order valence-corrected chi connectivity index (χ2v) is 5.37. The number of benzene rings is 1. The number of ether oxygens (including phenoxy) is 2. The van der Waals surface area contributed by atoms with Crippen LogP contribution in [0.4, 0.5) is 0 Å². The van der Waals surface area contributed by atoms with Crippen molar-refractivity contribution in [2.75, 3.05) is 27.4 Å². The SMILES string of the molecule is COCCCN1C(=O)C(=Cc2ccccc2O)C(C(=O)OC)=C1C. The van der Waals surface area contributed by atoms with E-state index < -0.39 is 5.97 Å². The zero-order chi connectivity index (χ0) is 17.7. The van der Waals surface area contributed by atoms with E-state index in [2.05, 4.69) is 0 Å². The molecule has 0 bridgehead atoms. The Labute approximate surface area is 141 Å². The van der Waals surface area contributed by atoms with Gasteiger partial charge in [0.2, 0.25) is 0 Å². The average molecular weight is 331 g/mol. The van der Waals surface area contributed by atoms with Gasteiger partial charge >= 0.3 is 5.97 Å². The summed E-state index contributed by atoms with van der Waals surface area (Å²) in [5.41, 5.74) is 1.46. The number of methoxy groups -OCH3 is 2. The second-order valence-electron chi connectivity index (χ2n) is 5.37. The molecule has 6 nitrogen and oxygen atoms in total. The fourth-order valence-corrected chi connectivity index (χ4v) is 2.63. The Morgan fingerprint density at radius 3 is 2.62 bits per heavy atom. The number of hydrogen-bond donors (Lipinski definition) is 1. The van der Waals surface area contributed by atoms with E-state index in [0.717, 1.165) is 0 Å². The highest BCUT2D eigenvalue weighted by Gasteiger charge is 2.36. The van der Waals surface area contributed by atoms with Gasteiger partial charge in [-0.1, -0.05) is 18.2 Å². The van der Waals surface area contributed by atoms with E-state index in [1.807, 2.05) is 0 Å². The summed E-state index contributed by atoms with van der Waals surface area (Å²) in [4.78, 5) is 26.4. The van der Waals surface area contributed by atoms with Gasteiger partial charge in [0.1, 0.15) is 5.75 Å². The van der Waals surface area contributed by atoms with E-state index >= 15 is 0 Å². The zero-order valence-corrected chi connectivity index (χ0v) is 14.0. The molecule has 0 radical (unpaired) electrons. The quantitative estimate of drug-likeness (QED) is 0.491. The molecule has 0 aromatic heterocycles. The number of carbonyl (C=O) groups is 2. The molecule has 6 heteroatoms. The van der Waals surface area contributed by atoms with Gasteiger partial charge in [-0.3, -0.25) is 4.79 Å². The molecule has 0 fully saturated rings. The summed E-state index contributed by atoms with van der Waals surface area (Å²) in [5.74, 6) is -0.818. The highest BCUT2D eigenvalue weighted by molar-refractivity contribution is 6.16. The largest absolute Gasteiger partial charge is 0.507 e. The fraction of sp³-hybridized carbons (Fsp3) is 0.333. The third-order valence-electron chi connectivity index (χ3n) is 3.87. The molecule has 24 heavy (non-hydrogen) atoms. The van der Waals surface area contributed by atoms with Gasteiger partial charge in [-0.2, -0.15) is 0 Å². The lowest BCUT2D eigenvalue weighted by Gasteiger charge is -2.17. The van der Waals surface area contributed by atoms with Crippen LogP contribution >= 0.6 is 0 Å². The van der Waals surface area contributed by atoms with Crippen LogP contribution < -0.4 is 0 Å². The minimum Gasteiger partial charge on any atom is -0.507 e. The Balaban J connectivity index is 2.44. The van der Waals surface area contributed by atoms with Crippen molar-refractivity contribution in [3.8, 4) is 5.75 Å². The van der Waals surface area contributed by atoms with Gasteiger partial charge in [0.25, 0.3) is 5.91 Å². The van der Waals surface area contributed by atoms with Crippen LogP contribution in [0.3, 0.4) is 0 Å². The summed E-state index contributed by atoms with van der Waals surface area (Å²) in [6.07, 6.45) is 2.17. The Bertz CT molecular complexity index is 705. The van der Waals surface area contributed by atoms with Crippen LogP contribution in [0.5, 0.6) is 5.75 Å². The minimum atomic E-state index is -0.572. The molecular formula is C18H21NO5. The maximum Gasteiger partial charge on any atom is 0.340 e. The van der Waals surface area contributed by atoms with Crippen molar-refractivity contribution >= 4 is 18.0 Å². The Hall–Kier alpha value is -2.60. The first kappa shape index (κ1) is 17.7. The third-order valence-corrected chi connectivity index (χ3v) is 3.87. The number of carbonyl (C=O) groups excluding carboxylic acids is 2. The number of hydrogen-bond acceptors (Lipinski definition) is 5. The monoisotopic (exact) mass is 331 g/mol. The maximum atomic E-state index is 12.7. The lowest BCUT2D eigenvalue weighted by molar-refractivity contribution is -0.136. The summed E-state index contributed by atoms with van der Waals surface area (Å²) in [5, 5.41) is 9.93. The smallest absolute Gasteiger partial charge is 0.340 e. The zero-order valence-electron chi connectivity index (χ0n) is 14.0. The fourth-order valence-electron chi connectivity index (χ4n) is 2.63. The number of rotatable bonds is 6. The van der Waals surface area contributed by atoms with Gasteiger partial charge in [-0.05, 0) is 25.5 Å². The highest BCUT2D eigenvalue weighted by atomic mass is 16.5. The number of para-hydroxylation sites is 1. The second kappa shape index (κ2) is 7.79. The van der Waals surface area contributed by atoms with Crippen molar-refractivity contribution < 1.29 is 24.2 Å². The molecule has 0 spiro atoms. The summed E-state index contributed by atoms with van der Waals surface area (Å²) in [7, 11) is 2.87. The molecule has 1 N–H and O–H groups in total. The summed E-state index contributed by atoms with van der Waals surface area (Å²) in [6.45, 7) is 2.67. The van der Waals surface area contributed by atoms with Crippen LogP contribution in [0.15, 0.2) is 41.1 Å². The topological polar surface area (TPSA) is 76.1 Å². The standard InChI is InChI=1S/C18H21NO5/c1-12-16(18(22)24-3)14(11-13-7-4-5-8-15(13)20)17(21)19(12)9-6-10-23-2/h4-5,7-8,11,20H,6,9-10H2,1-3H3. The van der Waals surface area contributed by atoms with Crippen molar-refractivity contribution in [2.24, 2.45) is 0 Å². The van der Waals surface area contributed by atoms with Crippen LogP contribution in [-0.4, -0.2) is 49.3 Å². The van der Waals surface area contributed by atoms with Gasteiger partial charge in [-0.25, -0.2) is 4.79 Å². The molecule has 128 valence electrons. The number of amides is 1. The number of phenols is 1. The Morgan fingerprint density at radius 1 is 1.29 bits per heavy atom. The summed E-state index contributed by atoms with van der Waals surface area (Å²) < 4.78 is 9.83. The summed E-state index contributed by atoms with van der Waals surface area (Å²) in [6, 6.07) is 6.63. The predicted molar refractivity (Wildman–Crippen MR) is 89.0 cm³/mol. The molecule has 1 aromatic carbocycles. The molecule has 2 rings (SSSR count). The van der Waals surface area contributed by atoms with Gasteiger partial charge in [-0.15, -0.1) is 0 Å². The van der Waals surface area contributed by atoms with E-state index in [1.54, 1.807) is 32.2 Å². The van der Waals surface area contributed by atoms with Crippen LogP contribution in [0.25, 0.3) is 6.08 Å². The van der Waals surface area contributed by atoms with Gasteiger partial charge in [0.15, 0.2) is 0 Å². The van der Waals surface area contributed by atoms with E-state index in [0.29, 0.717) is 30.8 Å².